The van der Waals surface area contributed by atoms with Crippen LogP contribution < -0.4 is 0 Å². The first kappa shape index (κ1) is 15.2. The van der Waals surface area contributed by atoms with Crippen molar-refractivity contribution >= 4 is 5.91 Å². The highest BCUT2D eigenvalue weighted by Crippen LogP contribution is 2.55. The van der Waals surface area contributed by atoms with E-state index >= 15 is 0 Å². The average molecular weight is 315 g/mol. The summed E-state index contributed by atoms with van der Waals surface area (Å²) >= 11 is 0. The van der Waals surface area contributed by atoms with Crippen LogP contribution in [0.15, 0.2) is 30.3 Å². The van der Waals surface area contributed by atoms with Gasteiger partial charge in [-0.3, -0.25) is 4.79 Å². The summed E-state index contributed by atoms with van der Waals surface area (Å²) in [5.41, 5.74) is 0.312. The van der Waals surface area contributed by atoms with Crippen molar-refractivity contribution in [2.24, 2.45) is 11.8 Å². The highest BCUT2D eigenvalue weighted by Gasteiger charge is 2.63. The molecule has 1 amide bonds. The van der Waals surface area contributed by atoms with Gasteiger partial charge in [-0.15, -0.1) is 0 Å². The predicted octanol–water partition coefficient (Wildman–Crippen LogP) is 1.96. The van der Waals surface area contributed by atoms with E-state index in [2.05, 4.69) is 0 Å². The van der Waals surface area contributed by atoms with Crippen LogP contribution >= 0.6 is 0 Å². The SMILES string of the molecule is CC(C)(C(=O)N1C[C@@H]2[C@H](CO)[C@H]3CC[C@]2(C1)O3)c1ccccc1. The van der Waals surface area contributed by atoms with Gasteiger partial charge in [0, 0.05) is 25.0 Å². The van der Waals surface area contributed by atoms with E-state index in [0.29, 0.717) is 12.5 Å². The maximum absolute atomic E-state index is 13.2. The molecule has 3 fully saturated rings. The predicted molar refractivity (Wildman–Crippen MR) is 87.0 cm³/mol. The molecule has 0 unspecified atom stereocenters. The largest absolute Gasteiger partial charge is 0.396 e. The third-order valence-corrected chi connectivity index (χ3v) is 6.31. The molecule has 4 atom stereocenters. The van der Waals surface area contributed by atoms with Gasteiger partial charge in [0.15, 0.2) is 0 Å². The van der Waals surface area contributed by atoms with Crippen LogP contribution in [0.3, 0.4) is 0 Å². The second-order valence-electron chi connectivity index (χ2n) is 7.89. The number of aliphatic hydroxyl groups excluding tert-OH is 1. The number of carbonyl (C=O) groups is 1. The number of hydrogen-bond donors (Lipinski definition) is 1. The number of benzene rings is 1. The molecule has 4 rings (SSSR count). The van der Waals surface area contributed by atoms with Gasteiger partial charge in [0.05, 0.1) is 23.7 Å². The average Bonchev–Trinajstić information content (AvgIpc) is 3.22. The van der Waals surface area contributed by atoms with Crippen LogP contribution in [0.5, 0.6) is 0 Å². The Balaban J connectivity index is 1.57. The van der Waals surface area contributed by atoms with Gasteiger partial charge in [-0.2, -0.15) is 0 Å². The third-order valence-electron chi connectivity index (χ3n) is 6.31. The Hall–Kier alpha value is -1.39. The molecule has 3 aliphatic rings. The topological polar surface area (TPSA) is 49.8 Å². The van der Waals surface area contributed by atoms with E-state index in [9.17, 15) is 9.90 Å². The Labute approximate surface area is 137 Å². The summed E-state index contributed by atoms with van der Waals surface area (Å²) in [6, 6.07) is 9.97. The van der Waals surface area contributed by atoms with Crippen LogP contribution in [-0.4, -0.2) is 47.3 Å². The third kappa shape index (κ3) is 2.08. The number of rotatable bonds is 3. The summed E-state index contributed by atoms with van der Waals surface area (Å²) in [7, 11) is 0. The van der Waals surface area contributed by atoms with Gasteiger partial charge in [-0.05, 0) is 32.3 Å². The van der Waals surface area contributed by atoms with Crippen LogP contribution in [0, 0.1) is 11.8 Å². The van der Waals surface area contributed by atoms with E-state index < -0.39 is 5.41 Å². The summed E-state index contributed by atoms with van der Waals surface area (Å²) in [5, 5.41) is 9.71. The Morgan fingerprint density at radius 2 is 2.13 bits per heavy atom. The van der Waals surface area contributed by atoms with E-state index in [-0.39, 0.29) is 30.1 Å². The summed E-state index contributed by atoms with van der Waals surface area (Å²) in [6.45, 7) is 5.56. The van der Waals surface area contributed by atoms with Crippen molar-refractivity contribution in [1.29, 1.82) is 0 Å². The van der Waals surface area contributed by atoms with E-state index in [0.717, 1.165) is 24.9 Å². The van der Waals surface area contributed by atoms with Crippen LogP contribution in [0.4, 0.5) is 0 Å². The standard InChI is InChI=1S/C19H25NO3/c1-18(2,13-6-4-3-5-7-13)17(22)20-10-15-14(11-21)16-8-9-19(15,12-20)23-16/h3-7,14-16,21H,8-12H2,1-2H3/t14-,15+,16+,19+/m0/s1. The van der Waals surface area contributed by atoms with Crippen molar-refractivity contribution in [3.05, 3.63) is 35.9 Å². The second kappa shape index (κ2) is 5.05. The molecule has 3 aliphatic heterocycles. The summed E-state index contributed by atoms with van der Waals surface area (Å²) in [5.74, 6) is 0.652. The van der Waals surface area contributed by atoms with Crippen molar-refractivity contribution in [1.82, 2.24) is 4.90 Å². The number of fused-ring (bicyclic) bond motifs is 1. The van der Waals surface area contributed by atoms with Gasteiger partial charge in [-0.25, -0.2) is 0 Å². The Morgan fingerprint density at radius 1 is 1.39 bits per heavy atom. The molecule has 4 heteroatoms. The molecule has 0 aromatic heterocycles. The second-order valence-corrected chi connectivity index (χ2v) is 7.89. The lowest BCUT2D eigenvalue weighted by atomic mass is 9.74. The lowest BCUT2D eigenvalue weighted by Gasteiger charge is -2.31. The first-order chi connectivity index (χ1) is 11.0. The molecule has 1 N–H and O–H groups in total. The summed E-state index contributed by atoms with van der Waals surface area (Å²) in [4.78, 5) is 15.1. The molecule has 3 saturated heterocycles. The van der Waals surface area contributed by atoms with Crippen molar-refractivity contribution < 1.29 is 14.6 Å². The fraction of sp³-hybridized carbons (Fsp3) is 0.632. The zero-order chi connectivity index (χ0) is 16.2. The molecule has 4 nitrogen and oxygen atoms in total. The van der Waals surface area contributed by atoms with Gasteiger partial charge < -0.3 is 14.7 Å². The smallest absolute Gasteiger partial charge is 0.232 e. The Morgan fingerprint density at radius 3 is 2.83 bits per heavy atom. The number of aliphatic hydroxyl groups is 1. The highest BCUT2D eigenvalue weighted by molar-refractivity contribution is 5.87. The van der Waals surface area contributed by atoms with E-state index in [4.69, 9.17) is 4.74 Å². The number of amides is 1. The fourth-order valence-electron chi connectivity index (χ4n) is 4.96. The molecule has 0 aliphatic carbocycles. The van der Waals surface area contributed by atoms with Gasteiger partial charge in [0.2, 0.25) is 5.91 Å². The molecule has 1 aromatic rings. The lowest BCUT2D eigenvalue weighted by Crippen LogP contribution is -2.44. The minimum Gasteiger partial charge on any atom is -0.396 e. The van der Waals surface area contributed by atoms with Crippen LogP contribution in [0.25, 0.3) is 0 Å². The zero-order valence-electron chi connectivity index (χ0n) is 13.9. The fourth-order valence-corrected chi connectivity index (χ4v) is 4.96. The van der Waals surface area contributed by atoms with Gasteiger partial charge in [0.25, 0.3) is 0 Å². The quantitative estimate of drug-likeness (QED) is 0.928. The van der Waals surface area contributed by atoms with Crippen molar-refractivity contribution in [3.63, 3.8) is 0 Å². The summed E-state index contributed by atoms with van der Waals surface area (Å²) < 4.78 is 6.23. The Kier molecular flexibility index (Phi) is 3.33. The van der Waals surface area contributed by atoms with Crippen LogP contribution in [0.1, 0.15) is 32.3 Å². The normalized spacial score (nSPS) is 35.6. The van der Waals surface area contributed by atoms with Crippen LogP contribution in [-0.2, 0) is 14.9 Å². The van der Waals surface area contributed by atoms with Crippen molar-refractivity contribution in [2.75, 3.05) is 19.7 Å². The van der Waals surface area contributed by atoms with Gasteiger partial charge in [0.1, 0.15) is 0 Å². The van der Waals surface area contributed by atoms with E-state index in [1.807, 2.05) is 49.1 Å². The van der Waals surface area contributed by atoms with Crippen molar-refractivity contribution in [3.8, 4) is 0 Å². The maximum Gasteiger partial charge on any atom is 0.232 e. The number of carbonyl (C=O) groups excluding carboxylic acids is 1. The molecule has 3 heterocycles. The number of ether oxygens (including phenoxy) is 1. The van der Waals surface area contributed by atoms with Gasteiger partial charge >= 0.3 is 0 Å². The zero-order valence-corrected chi connectivity index (χ0v) is 13.9. The molecule has 1 spiro atoms. The van der Waals surface area contributed by atoms with Crippen LogP contribution in [0.2, 0.25) is 0 Å². The molecule has 0 radical (unpaired) electrons. The molecular formula is C19H25NO3. The number of hydrogen-bond acceptors (Lipinski definition) is 3. The molecule has 0 saturated carbocycles. The first-order valence-corrected chi connectivity index (χ1v) is 8.61. The maximum atomic E-state index is 13.2. The van der Waals surface area contributed by atoms with Gasteiger partial charge in [-0.1, -0.05) is 30.3 Å². The monoisotopic (exact) mass is 315 g/mol. The number of nitrogens with zero attached hydrogens (tertiary/aromatic N) is 1. The molecule has 2 bridgehead atoms. The van der Waals surface area contributed by atoms with E-state index in [1.54, 1.807) is 0 Å². The lowest BCUT2D eigenvalue weighted by molar-refractivity contribution is -0.136. The van der Waals surface area contributed by atoms with Crippen molar-refractivity contribution in [2.45, 2.75) is 43.8 Å². The molecule has 23 heavy (non-hydrogen) atoms. The Bertz CT molecular complexity index is 614. The summed E-state index contributed by atoms with van der Waals surface area (Å²) in [6.07, 6.45) is 2.24. The molecule has 124 valence electrons. The molecular weight excluding hydrogens is 290 g/mol. The number of likely N-dealkylation sites (tertiary alicyclic amines) is 1. The van der Waals surface area contributed by atoms with E-state index in [1.165, 1.54) is 0 Å². The minimum absolute atomic E-state index is 0.163. The highest BCUT2D eigenvalue weighted by atomic mass is 16.5. The minimum atomic E-state index is -0.538. The first-order valence-electron chi connectivity index (χ1n) is 8.61. The molecule has 1 aromatic carbocycles.